The zero-order chi connectivity index (χ0) is 23.5. The third-order valence-corrected chi connectivity index (χ3v) is 6.54. The van der Waals surface area contributed by atoms with Gasteiger partial charge in [0.05, 0.1) is 41.2 Å². The molecule has 0 spiro atoms. The van der Waals surface area contributed by atoms with Crippen LogP contribution in [0.1, 0.15) is 12.6 Å². The van der Waals surface area contributed by atoms with Gasteiger partial charge in [-0.1, -0.05) is 18.9 Å². The van der Waals surface area contributed by atoms with E-state index < -0.39 is 22.6 Å². The van der Waals surface area contributed by atoms with E-state index in [1.165, 1.54) is 25.3 Å². The van der Waals surface area contributed by atoms with Crippen molar-refractivity contribution in [2.45, 2.75) is 24.5 Å². The number of hydrogen-bond acceptors (Lipinski definition) is 5. The van der Waals surface area contributed by atoms with Crippen LogP contribution in [0.25, 0.3) is 10.9 Å². The molecule has 0 unspecified atom stereocenters. The summed E-state index contributed by atoms with van der Waals surface area (Å²) >= 11 is 0. The monoisotopic (exact) mass is 465 g/mol. The van der Waals surface area contributed by atoms with Crippen LogP contribution in [0.4, 0.5) is 24.5 Å². The quantitative estimate of drug-likeness (QED) is 0.424. The number of benzene rings is 2. The zero-order valence-corrected chi connectivity index (χ0v) is 18.3. The number of rotatable bonds is 6. The molecule has 32 heavy (non-hydrogen) atoms. The second-order valence-electron chi connectivity index (χ2n) is 6.93. The van der Waals surface area contributed by atoms with Gasteiger partial charge in [0.2, 0.25) is 0 Å². The van der Waals surface area contributed by atoms with Crippen LogP contribution in [0.2, 0.25) is 0 Å². The van der Waals surface area contributed by atoms with Crippen LogP contribution < -0.4 is 15.8 Å². The number of halogens is 3. The third-order valence-electron chi connectivity index (χ3n) is 4.81. The van der Waals surface area contributed by atoms with Crippen molar-refractivity contribution in [3.63, 3.8) is 0 Å². The number of ether oxygens (including phenoxy) is 1. The maximum atomic E-state index is 13.1. The van der Waals surface area contributed by atoms with Gasteiger partial charge in [-0.15, -0.1) is 0 Å². The van der Waals surface area contributed by atoms with Crippen LogP contribution in [0, 0.1) is 11.8 Å². The molecular formula is C22H22F3N3O3S. The molecule has 3 aromatic rings. The maximum Gasteiger partial charge on any atom is 0.406 e. The Hall–Kier alpha value is -3.32. The molecule has 1 heterocycles. The van der Waals surface area contributed by atoms with Crippen molar-refractivity contribution in [1.29, 1.82) is 0 Å². The fraction of sp³-hybridized carbons (Fsp3) is 0.273. The third kappa shape index (κ3) is 5.11. The van der Waals surface area contributed by atoms with Crippen molar-refractivity contribution in [2.24, 2.45) is 0 Å². The zero-order valence-electron chi connectivity index (χ0n) is 17.5. The average Bonchev–Trinajstić information content (AvgIpc) is 3.08. The maximum absolute atomic E-state index is 13.1. The average molecular weight is 465 g/mol. The Morgan fingerprint density at radius 3 is 2.59 bits per heavy atom. The molecule has 0 saturated carbocycles. The van der Waals surface area contributed by atoms with Gasteiger partial charge < -0.3 is 20.4 Å². The first-order chi connectivity index (χ1) is 15.1. The normalized spacial score (nSPS) is 11.8. The van der Waals surface area contributed by atoms with Crippen LogP contribution in [0.5, 0.6) is 5.75 Å². The van der Waals surface area contributed by atoms with Crippen molar-refractivity contribution in [2.75, 3.05) is 30.5 Å². The molecule has 10 heteroatoms. The Bertz CT molecular complexity index is 1300. The van der Waals surface area contributed by atoms with E-state index in [0.29, 0.717) is 28.0 Å². The van der Waals surface area contributed by atoms with Crippen molar-refractivity contribution in [1.82, 2.24) is 4.57 Å². The molecule has 0 bridgehead atoms. The van der Waals surface area contributed by atoms with Crippen LogP contribution in [-0.4, -0.2) is 38.6 Å². The van der Waals surface area contributed by atoms with Gasteiger partial charge in [0.15, 0.2) is 9.84 Å². The topological polar surface area (TPSA) is 86.4 Å². The number of nitrogens with one attached hydrogen (secondary N) is 1. The Labute approximate surface area is 184 Å². The van der Waals surface area contributed by atoms with Gasteiger partial charge >= 0.3 is 6.18 Å². The Morgan fingerprint density at radius 1 is 1.19 bits per heavy atom. The van der Waals surface area contributed by atoms with E-state index >= 15 is 0 Å². The molecule has 0 radical (unpaired) electrons. The van der Waals surface area contributed by atoms with Gasteiger partial charge in [0.1, 0.15) is 12.3 Å². The highest BCUT2D eigenvalue weighted by molar-refractivity contribution is 7.91. The molecule has 0 atom stereocenters. The van der Waals surface area contributed by atoms with Gasteiger partial charge in [-0.3, -0.25) is 0 Å². The summed E-state index contributed by atoms with van der Waals surface area (Å²) in [7, 11) is -1.97. The number of alkyl halides is 3. The molecule has 0 aliphatic carbocycles. The first kappa shape index (κ1) is 23.3. The minimum atomic E-state index is -4.42. The number of aromatic nitrogens is 1. The molecule has 0 saturated heterocycles. The predicted octanol–water partition coefficient (Wildman–Crippen LogP) is 4.05. The molecule has 0 amide bonds. The van der Waals surface area contributed by atoms with Crippen LogP contribution >= 0.6 is 0 Å². The number of nitrogens with zero attached hydrogens (tertiary/aromatic N) is 1. The fourth-order valence-corrected chi connectivity index (χ4v) is 4.11. The van der Waals surface area contributed by atoms with Crippen molar-refractivity contribution >= 4 is 32.1 Å². The SMILES string of the molecule is CCS(=O)(=O)c1ccc(NCC#Cc2cc3c(N)cccc3n2CC(F)(F)F)c(OC)c1. The van der Waals surface area contributed by atoms with Crippen LogP contribution in [-0.2, 0) is 16.4 Å². The highest BCUT2D eigenvalue weighted by Crippen LogP contribution is 2.29. The molecule has 1 aromatic heterocycles. The molecule has 0 aliphatic rings. The van der Waals surface area contributed by atoms with Crippen LogP contribution in [0.3, 0.4) is 0 Å². The predicted molar refractivity (Wildman–Crippen MR) is 118 cm³/mol. The number of sulfone groups is 1. The summed E-state index contributed by atoms with van der Waals surface area (Å²) in [4.78, 5) is 0.141. The van der Waals surface area contributed by atoms with E-state index in [2.05, 4.69) is 17.2 Å². The molecule has 2 aromatic carbocycles. The minimum absolute atomic E-state index is 0.0369. The van der Waals surface area contributed by atoms with Gasteiger partial charge in [-0.05, 0) is 36.3 Å². The van der Waals surface area contributed by atoms with Gasteiger partial charge in [0, 0.05) is 17.1 Å². The van der Waals surface area contributed by atoms with E-state index in [4.69, 9.17) is 10.5 Å². The molecule has 3 N–H and O–H groups in total. The molecule has 3 rings (SSSR count). The smallest absolute Gasteiger partial charge is 0.406 e. The number of methoxy groups -OCH3 is 1. The summed E-state index contributed by atoms with van der Waals surface area (Å²) in [6, 6.07) is 10.8. The summed E-state index contributed by atoms with van der Waals surface area (Å²) in [6.45, 7) is 0.465. The number of nitrogens with two attached hydrogens (primary N) is 1. The highest BCUT2D eigenvalue weighted by atomic mass is 32.2. The summed E-state index contributed by atoms with van der Waals surface area (Å²) in [6.07, 6.45) is -4.42. The lowest BCUT2D eigenvalue weighted by Crippen LogP contribution is -2.18. The minimum Gasteiger partial charge on any atom is -0.495 e. The summed E-state index contributed by atoms with van der Waals surface area (Å²) < 4.78 is 69.7. The number of anilines is 2. The molecule has 0 fully saturated rings. The fourth-order valence-electron chi connectivity index (χ4n) is 3.21. The van der Waals surface area contributed by atoms with E-state index in [1.54, 1.807) is 31.2 Å². The number of nitrogen functional groups attached to an aromatic ring is 1. The second kappa shape index (κ2) is 9.04. The number of hydrogen-bond donors (Lipinski definition) is 2. The van der Waals surface area contributed by atoms with Gasteiger partial charge in [-0.2, -0.15) is 13.2 Å². The Kier molecular flexibility index (Phi) is 6.60. The van der Waals surface area contributed by atoms with Gasteiger partial charge in [0.25, 0.3) is 0 Å². The van der Waals surface area contributed by atoms with E-state index in [-0.39, 0.29) is 22.9 Å². The van der Waals surface area contributed by atoms with E-state index in [9.17, 15) is 21.6 Å². The Morgan fingerprint density at radius 2 is 1.94 bits per heavy atom. The lowest BCUT2D eigenvalue weighted by atomic mass is 10.2. The molecule has 6 nitrogen and oxygen atoms in total. The lowest BCUT2D eigenvalue weighted by Gasteiger charge is -2.11. The van der Waals surface area contributed by atoms with E-state index in [1.807, 2.05) is 0 Å². The first-order valence-corrected chi connectivity index (χ1v) is 11.3. The number of fused-ring (bicyclic) bond motifs is 1. The lowest BCUT2D eigenvalue weighted by molar-refractivity contribution is -0.140. The Balaban J connectivity index is 1.86. The second-order valence-corrected chi connectivity index (χ2v) is 9.21. The standard InChI is InChI=1S/C22H22F3N3O3S/c1-3-32(29,30)16-9-10-19(21(13-16)31-2)27-11-5-6-15-12-17-18(26)7-4-8-20(17)28(15)14-22(23,24)25/h4,7-10,12-13,27H,3,11,14,26H2,1-2H3. The van der Waals surface area contributed by atoms with Crippen molar-refractivity contribution in [3.05, 3.63) is 48.2 Å². The molecule has 0 aliphatic heterocycles. The highest BCUT2D eigenvalue weighted by Gasteiger charge is 2.29. The largest absolute Gasteiger partial charge is 0.495 e. The van der Waals surface area contributed by atoms with E-state index in [0.717, 1.165) is 4.57 Å². The molecule has 170 valence electrons. The van der Waals surface area contributed by atoms with Crippen molar-refractivity contribution < 1.29 is 26.3 Å². The van der Waals surface area contributed by atoms with Crippen LogP contribution in [0.15, 0.2) is 47.4 Å². The van der Waals surface area contributed by atoms with Crippen molar-refractivity contribution in [3.8, 4) is 17.6 Å². The summed E-state index contributed by atoms with van der Waals surface area (Å²) in [5, 5.41) is 3.50. The first-order valence-electron chi connectivity index (χ1n) is 9.63. The summed E-state index contributed by atoms with van der Waals surface area (Å²) in [5.74, 6) is 5.85. The summed E-state index contributed by atoms with van der Waals surface area (Å²) in [5.41, 5.74) is 7.33. The van der Waals surface area contributed by atoms with Gasteiger partial charge in [-0.25, -0.2) is 8.42 Å². The molecular weight excluding hydrogens is 443 g/mol.